The number of para-hydroxylation sites is 1. The van der Waals surface area contributed by atoms with Crippen molar-refractivity contribution in [2.45, 2.75) is 5.75 Å². The van der Waals surface area contributed by atoms with Crippen LogP contribution in [0.1, 0.15) is 5.56 Å². The lowest BCUT2D eigenvalue weighted by Gasteiger charge is -2.36. The molecule has 0 atom stereocenters. The van der Waals surface area contributed by atoms with Gasteiger partial charge in [-0.1, -0.05) is 41.9 Å². The first-order valence-electron chi connectivity index (χ1n) is 9.60. The summed E-state index contributed by atoms with van der Waals surface area (Å²) in [5.41, 5.74) is 2.21. The Morgan fingerprint density at radius 2 is 1.47 bits per heavy atom. The van der Waals surface area contributed by atoms with Gasteiger partial charge in [-0.2, -0.15) is 0 Å². The van der Waals surface area contributed by atoms with Crippen LogP contribution >= 0.6 is 11.6 Å². The summed E-state index contributed by atoms with van der Waals surface area (Å²) in [5.74, 6) is 0.455. The molecular formula is C21H22ClN5O2S. The summed E-state index contributed by atoms with van der Waals surface area (Å²) >= 11 is 5.84. The molecule has 3 aromatic rings. The molecule has 1 aliphatic rings. The van der Waals surface area contributed by atoms with E-state index in [1.54, 1.807) is 24.3 Å². The number of anilines is 3. The molecule has 0 bridgehead atoms. The van der Waals surface area contributed by atoms with Crippen LogP contribution in [0, 0.1) is 0 Å². The molecule has 2 aromatic carbocycles. The van der Waals surface area contributed by atoms with E-state index in [0.717, 1.165) is 26.2 Å². The highest BCUT2D eigenvalue weighted by Crippen LogP contribution is 2.19. The van der Waals surface area contributed by atoms with Crippen molar-refractivity contribution in [3.05, 3.63) is 77.6 Å². The number of nitrogens with zero attached hydrogens (tertiary/aromatic N) is 4. The molecule has 0 aliphatic carbocycles. The molecule has 0 unspecified atom stereocenters. The molecule has 0 spiro atoms. The fourth-order valence-electron chi connectivity index (χ4n) is 3.36. The predicted molar refractivity (Wildman–Crippen MR) is 121 cm³/mol. The van der Waals surface area contributed by atoms with E-state index in [9.17, 15) is 8.42 Å². The second-order valence-electron chi connectivity index (χ2n) is 7.07. The standard InChI is InChI=1S/C21H22ClN5O2S/c22-18-8-6-17(7-9-18)16-30(28,29)25-19-14-23-21(24-15-19)27-12-10-26(11-13-27)20-4-2-1-3-5-20/h1-9,14-15,25H,10-13,16H2. The Balaban J connectivity index is 1.34. The van der Waals surface area contributed by atoms with Gasteiger partial charge in [-0.25, -0.2) is 18.4 Å². The molecule has 1 saturated heterocycles. The van der Waals surface area contributed by atoms with Crippen LogP contribution in [0.4, 0.5) is 17.3 Å². The molecule has 0 saturated carbocycles. The third-order valence-corrected chi connectivity index (χ3v) is 6.38. The zero-order valence-electron chi connectivity index (χ0n) is 16.3. The quantitative estimate of drug-likeness (QED) is 0.629. The predicted octanol–water partition coefficient (Wildman–Crippen LogP) is 3.40. The van der Waals surface area contributed by atoms with Gasteiger partial charge in [-0.05, 0) is 29.8 Å². The summed E-state index contributed by atoms with van der Waals surface area (Å²) in [6.45, 7) is 3.36. The van der Waals surface area contributed by atoms with Gasteiger partial charge in [0.15, 0.2) is 0 Å². The number of hydrogen-bond acceptors (Lipinski definition) is 6. The lowest BCUT2D eigenvalue weighted by Crippen LogP contribution is -2.47. The molecule has 2 heterocycles. The summed E-state index contributed by atoms with van der Waals surface area (Å²) in [7, 11) is -3.57. The van der Waals surface area contributed by atoms with Crippen LogP contribution in [0.3, 0.4) is 0 Å². The fourth-order valence-corrected chi connectivity index (χ4v) is 4.65. The number of halogens is 1. The Labute approximate surface area is 181 Å². The zero-order chi connectivity index (χ0) is 21.0. The monoisotopic (exact) mass is 443 g/mol. The Morgan fingerprint density at radius 1 is 0.867 bits per heavy atom. The highest BCUT2D eigenvalue weighted by Gasteiger charge is 2.19. The van der Waals surface area contributed by atoms with Crippen molar-refractivity contribution in [1.82, 2.24) is 9.97 Å². The molecule has 0 amide bonds. The molecule has 1 aliphatic heterocycles. The van der Waals surface area contributed by atoms with E-state index in [0.29, 0.717) is 22.2 Å². The van der Waals surface area contributed by atoms with Crippen molar-refractivity contribution in [2.75, 3.05) is 40.7 Å². The van der Waals surface area contributed by atoms with Gasteiger partial charge in [-0.15, -0.1) is 0 Å². The maximum absolute atomic E-state index is 12.4. The normalized spacial score (nSPS) is 14.6. The minimum atomic E-state index is -3.57. The van der Waals surface area contributed by atoms with Gasteiger partial charge in [0.2, 0.25) is 16.0 Å². The van der Waals surface area contributed by atoms with Crippen LogP contribution < -0.4 is 14.5 Å². The van der Waals surface area contributed by atoms with E-state index in [2.05, 4.69) is 36.6 Å². The van der Waals surface area contributed by atoms with Crippen LogP contribution in [-0.2, 0) is 15.8 Å². The topological polar surface area (TPSA) is 78.4 Å². The zero-order valence-corrected chi connectivity index (χ0v) is 17.9. The first-order chi connectivity index (χ1) is 14.5. The summed E-state index contributed by atoms with van der Waals surface area (Å²) in [6, 6.07) is 17.0. The van der Waals surface area contributed by atoms with E-state index in [1.807, 2.05) is 18.2 Å². The second kappa shape index (κ2) is 8.89. The molecule has 1 aromatic heterocycles. The Bertz CT molecular complexity index is 1070. The molecule has 9 heteroatoms. The summed E-state index contributed by atoms with van der Waals surface area (Å²) in [6.07, 6.45) is 3.01. The van der Waals surface area contributed by atoms with E-state index >= 15 is 0 Å². The van der Waals surface area contributed by atoms with Crippen LogP contribution in [0.25, 0.3) is 0 Å². The van der Waals surface area contributed by atoms with Gasteiger partial charge in [0.25, 0.3) is 0 Å². The fraction of sp³-hybridized carbons (Fsp3) is 0.238. The van der Waals surface area contributed by atoms with Crippen molar-refractivity contribution in [2.24, 2.45) is 0 Å². The largest absolute Gasteiger partial charge is 0.368 e. The maximum Gasteiger partial charge on any atom is 0.237 e. The minimum Gasteiger partial charge on any atom is -0.368 e. The van der Waals surface area contributed by atoms with Gasteiger partial charge in [-0.3, -0.25) is 4.72 Å². The van der Waals surface area contributed by atoms with Gasteiger partial charge >= 0.3 is 0 Å². The van der Waals surface area contributed by atoms with Crippen LogP contribution in [-0.4, -0.2) is 44.6 Å². The molecule has 1 fully saturated rings. The number of aromatic nitrogens is 2. The van der Waals surface area contributed by atoms with Crippen molar-refractivity contribution < 1.29 is 8.42 Å². The van der Waals surface area contributed by atoms with Crippen molar-refractivity contribution in [1.29, 1.82) is 0 Å². The highest BCUT2D eigenvalue weighted by atomic mass is 35.5. The average molecular weight is 444 g/mol. The van der Waals surface area contributed by atoms with Crippen molar-refractivity contribution in [3.8, 4) is 0 Å². The molecular weight excluding hydrogens is 422 g/mol. The maximum atomic E-state index is 12.4. The number of nitrogens with one attached hydrogen (secondary N) is 1. The second-order valence-corrected chi connectivity index (χ2v) is 9.23. The van der Waals surface area contributed by atoms with Gasteiger partial charge in [0.05, 0.1) is 23.8 Å². The number of benzene rings is 2. The van der Waals surface area contributed by atoms with Gasteiger partial charge < -0.3 is 9.80 Å². The smallest absolute Gasteiger partial charge is 0.237 e. The summed E-state index contributed by atoms with van der Waals surface area (Å²) in [5, 5.41) is 0.567. The van der Waals surface area contributed by atoms with Crippen LogP contribution in [0.15, 0.2) is 67.0 Å². The lowest BCUT2D eigenvalue weighted by atomic mass is 10.2. The van der Waals surface area contributed by atoms with Gasteiger partial charge in [0, 0.05) is 36.9 Å². The molecule has 30 heavy (non-hydrogen) atoms. The van der Waals surface area contributed by atoms with Crippen LogP contribution in [0.5, 0.6) is 0 Å². The lowest BCUT2D eigenvalue weighted by molar-refractivity contribution is 0.600. The molecule has 156 valence electrons. The first-order valence-corrected chi connectivity index (χ1v) is 11.6. The summed E-state index contributed by atoms with van der Waals surface area (Å²) in [4.78, 5) is 13.1. The van der Waals surface area contributed by atoms with Gasteiger partial charge in [0.1, 0.15) is 0 Å². The Kier molecular flexibility index (Phi) is 6.06. The minimum absolute atomic E-state index is 0.145. The van der Waals surface area contributed by atoms with E-state index < -0.39 is 10.0 Å². The van der Waals surface area contributed by atoms with E-state index in [-0.39, 0.29) is 5.75 Å². The molecule has 7 nitrogen and oxygen atoms in total. The SMILES string of the molecule is O=S(=O)(Cc1ccc(Cl)cc1)Nc1cnc(N2CCN(c3ccccc3)CC2)nc1. The number of hydrogen-bond donors (Lipinski definition) is 1. The first kappa shape index (κ1) is 20.4. The van der Waals surface area contributed by atoms with E-state index in [4.69, 9.17) is 11.6 Å². The third-order valence-electron chi connectivity index (χ3n) is 4.87. The average Bonchev–Trinajstić information content (AvgIpc) is 2.76. The third kappa shape index (κ3) is 5.20. The molecule has 1 N–H and O–H groups in total. The highest BCUT2D eigenvalue weighted by molar-refractivity contribution is 7.91. The molecule has 0 radical (unpaired) electrons. The Hall–Kier alpha value is -2.84. The van der Waals surface area contributed by atoms with E-state index in [1.165, 1.54) is 18.1 Å². The van der Waals surface area contributed by atoms with Crippen LogP contribution in [0.2, 0.25) is 5.02 Å². The number of rotatable bonds is 6. The Morgan fingerprint density at radius 3 is 2.10 bits per heavy atom. The van der Waals surface area contributed by atoms with Crippen molar-refractivity contribution in [3.63, 3.8) is 0 Å². The van der Waals surface area contributed by atoms with Crippen molar-refractivity contribution >= 4 is 38.9 Å². The molecule has 4 rings (SSSR count). The summed E-state index contributed by atoms with van der Waals surface area (Å²) < 4.78 is 27.3. The number of piperazine rings is 1. The number of sulfonamides is 1.